The number of halogens is 1. The zero-order valence-corrected chi connectivity index (χ0v) is 23.9. The molecule has 1 aliphatic carbocycles. The van der Waals surface area contributed by atoms with Crippen LogP contribution in [0.15, 0.2) is 46.9 Å². The number of rotatable bonds is 9. The fraction of sp³-hybridized carbons (Fsp3) is 0.481. The molecule has 7 nitrogen and oxygen atoms in total. The lowest BCUT2D eigenvalue weighted by Crippen LogP contribution is -2.53. The largest absolute Gasteiger partial charge is 0.352 e. The molecule has 1 saturated carbocycles. The van der Waals surface area contributed by atoms with Gasteiger partial charge in [0.25, 0.3) is 0 Å². The molecule has 1 N–H and O–H groups in total. The van der Waals surface area contributed by atoms with Crippen molar-refractivity contribution in [2.24, 2.45) is 0 Å². The molecular formula is C27H36BrN3O4S. The smallest absolute Gasteiger partial charge is 0.244 e. The molecule has 0 unspecified atom stereocenters. The molecule has 0 saturated heterocycles. The van der Waals surface area contributed by atoms with E-state index in [2.05, 4.69) is 21.2 Å². The van der Waals surface area contributed by atoms with Gasteiger partial charge in [0, 0.05) is 17.1 Å². The van der Waals surface area contributed by atoms with Gasteiger partial charge in [0.1, 0.15) is 12.6 Å². The summed E-state index contributed by atoms with van der Waals surface area (Å²) in [6.45, 7) is 5.20. The Morgan fingerprint density at radius 2 is 1.69 bits per heavy atom. The van der Waals surface area contributed by atoms with Gasteiger partial charge in [-0.15, -0.1) is 0 Å². The third kappa shape index (κ3) is 7.56. The van der Waals surface area contributed by atoms with Crippen LogP contribution in [0.2, 0.25) is 0 Å². The minimum atomic E-state index is -3.75. The molecule has 1 fully saturated rings. The molecule has 2 aromatic rings. The Kier molecular flexibility index (Phi) is 9.58. The Bertz CT molecular complexity index is 1180. The number of hydrogen-bond donors (Lipinski definition) is 1. The Balaban J connectivity index is 1.89. The minimum absolute atomic E-state index is 0.112. The zero-order valence-electron chi connectivity index (χ0n) is 21.5. The molecule has 2 amide bonds. The Labute approximate surface area is 223 Å². The quantitative estimate of drug-likeness (QED) is 0.468. The van der Waals surface area contributed by atoms with Gasteiger partial charge < -0.3 is 10.2 Å². The van der Waals surface area contributed by atoms with E-state index in [1.165, 1.54) is 11.3 Å². The van der Waals surface area contributed by atoms with Gasteiger partial charge in [-0.25, -0.2) is 8.42 Å². The lowest BCUT2D eigenvalue weighted by Gasteiger charge is -2.33. The maximum absolute atomic E-state index is 13.7. The summed E-state index contributed by atoms with van der Waals surface area (Å²) in [6, 6.07) is 12.4. The number of nitrogens with zero attached hydrogens (tertiary/aromatic N) is 2. The highest BCUT2D eigenvalue weighted by Crippen LogP contribution is 2.25. The van der Waals surface area contributed by atoms with Crippen LogP contribution in [0.25, 0.3) is 0 Å². The predicted molar refractivity (Wildman–Crippen MR) is 147 cm³/mol. The van der Waals surface area contributed by atoms with Gasteiger partial charge >= 0.3 is 0 Å². The summed E-state index contributed by atoms with van der Waals surface area (Å²) in [4.78, 5) is 28.4. The maximum atomic E-state index is 13.7. The average molecular weight is 579 g/mol. The van der Waals surface area contributed by atoms with E-state index >= 15 is 0 Å². The summed E-state index contributed by atoms with van der Waals surface area (Å²) in [7, 11) is -3.75. The molecule has 36 heavy (non-hydrogen) atoms. The summed E-state index contributed by atoms with van der Waals surface area (Å²) < 4.78 is 27.6. The first-order valence-electron chi connectivity index (χ1n) is 12.3. The van der Waals surface area contributed by atoms with E-state index < -0.39 is 22.0 Å². The molecule has 0 bridgehead atoms. The number of anilines is 1. The van der Waals surface area contributed by atoms with Crippen LogP contribution in [0.5, 0.6) is 0 Å². The Morgan fingerprint density at radius 3 is 2.31 bits per heavy atom. The molecule has 0 aliphatic heterocycles. The molecule has 0 spiro atoms. The highest BCUT2D eigenvalue weighted by Gasteiger charge is 2.31. The van der Waals surface area contributed by atoms with E-state index in [1.807, 2.05) is 50.2 Å². The lowest BCUT2D eigenvalue weighted by molar-refractivity contribution is -0.139. The molecule has 0 heterocycles. The van der Waals surface area contributed by atoms with Gasteiger partial charge in [0.2, 0.25) is 21.8 Å². The van der Waals surface area contributed by atoms with Crippen LogP contribution in [0, 0.1) is 13.8 Å². The van der Waals surface area contributed by atoms with Crippen molar-refractivity contribution in [2.75, 3.05) is 17.1 Å². The standard InChI is InChI=1S/C27H36BrN3O4S/c1-19-10-11-20(2)25(16-19)31(36(4,34)35)18-26(32)30(17-22-12-14-23(28)15-13-22)21(3)27(33)29-24-8-6-5-7-9-24/h10-16,21,24H,5-9,17-18H2,1-4H3,(H,29,33)/t21-/m1/s1. The summed E-state index contributed by atoms with van der Waals surface area (Å²) in [5.41, 5.74) is 2.96. The number of sulfonamides is 1. The van der Waals surface area contributed by atoms with E-state index in [4.69, 9.17) is 0 Å². The fourth-order valence-electron chi connectivity index (χ4n) is 4.52. The first-order valence-corrected chi connectivity index (χ1v) is 15.0. The highest BCUT2D eigenvalue weighted by atomic mass is 79.9. The minimum Gasteiger partial charge on any atom is -0.352 e. The van der Waals surface area contributed by atoms with Crippen molar-refractivity contribution in [1.29, 1.82) is 0 Å². The van der Waals surface area contributed by atoms with Gasteiger partial charge in [0.05, 0.1) is 11.9 Å². The van der Waals surface area contributed by atoms with Crippen molar-refractivity contribution in [1.82, 2.24) is 10.2 Å². The van der Waals surface area contributed by atoms with Crippen molar-refractivity contribution >= 4 is 43.5 Å². The number of hydrogen-bond acceptors (Lipinski definition) is 4. The molecule has 0 aromatic heterocycles. The van der Waals surface area contributed by atoms with Crippen LogP contribution in [-0.4, -0.2) is 50.0 Å². The Morgan fingerprint density at radius 1 is 1.06 bits per heavy atom. The molecule has 1 atom stereocenters. The van der Waals surface area contributed by atoms with Crippen LogP contribution < -0.4 is 9.62 Å². The van der Waals surface area contributed by atoms with Crippen LogP contribution in [0.1, 0.15) is 55.7 Å². The van der Waals surface area contributed by atoms with Crippen molar-refractivity contribution in [2.45, 2.75) is 71.5 Å². The van der Waals surface area contributed by atoms with Crippen molar-refractivity contribution in [3.63, 3.8) is 0 Å². The van der Waals surface area contributed by atoms with Gasteiger partial charge in [-0.3, -0.25) is 13.9 Å². The van der Waals surface area contributed by atoms with Crippen LogP contribution in [0.4, 0.5) is 5.69 Å². The molecule has 1 aliphatic rings. The molecule has 2 aromatic carbocycles. The monoisotopic (exact) mass is 577 g/mol. The molecule has 9 heteroatoms. The normalized spacial score (nSPS) is 15.2. The second-order valence-electron chi connectivity index (χ2n) is 9.73. The third-order valence-electron chi connectivity index (χ3n) is 6.70. The second-order valence-corrected chi connectivity index (χ2v) is 12.5. The van der Waals surface area contributed by atoms with Crippen molar-refractivity contribution in [3.05, 3.63) is 63.6 Å². The van der Waals surface area contributed by atoms with E-state index in [1.54, 1.807) is 13.0 Å². The van der Waals surface area contributed by atoms with Crippen molar-refractivity contribution in [3.8, 4) is 0 Å². The molecular weight excluding hydrogens is 542 g/mol. The summed E-state index contributed by atoms with van der Waals surface area (Å²) in [5.74, 6) is -0.652. The summed E-state index contributed by atoms with van der Waals surface area (Å²) in [5, 5.41) is 3.11. The topological polar surface area (TPSA) is 86.8 Å². The van der Waals surface area contributed by atoms with Crippen LogP contribution >= 0.6 is 15.9 Å². The first-order chi connectivity index (χ1) is 17.0. The van der Waals surface area contributed by atoms with Gasteiger partial charge in [-0.05, 0) is 68.5 Å². The average Bonchev–Trinajstić information content (AvgIpc) is 2.83. The first kappa shape index (κ1) is 28.2. The van der Waals surface area contributed by atoms with Crippen LogP contribution in [-0.2, 0) is 26.2 Å². The molecule has 3 rings (SSSR count). The summed E-state index contributed by atoms with van der Waals surface area (Å²) in [6.07, 6.45) is 6.32. The van der Waals surface area contributed by atoms with Crippen LogP contribution in [0.3, 0.4) is 0 Å². The molecule has 0 radical (unpaired) electrons. The van der Waals surface area contributed by atoms with Gasteiger partial charge in [-0.2, -0.15) is 0 Å². The highest BCUT2D eigenvalue weighted by molar-refractivity contribution is 9.10. The Hall–Kier alpha value is -2.39. The summed E-state index contributed by atoms with van der Waals surface area (Å²) >= 11 is 3.42. The van der Waals surface area contributed by atoms with Gasteiger partial charge in [-0.1, -0.05) is 59.5 Å². The number of carbonyl (C=O) groups excluding carboxylic acids is 2. The SMILES string of the molecule is Cc1ccc(C)c(N(CC(=O)N(Cc2ccc(Br)cc2)[C@H](C)C(=O)NC2CCCCC2)S(C)(=O)=O)c1. The third-order valence-corrected chi connectivity index (χ3v) is 8.35. The molecule has 196 valence electrons. The zero-order chi connectivity index (χ0) is 26.5. The van der Waals surface area contributed by atoms with Crippen molar-refractivity contribution < 1.29 is 18.0 Å². The van der Waals surface area contributed by atoms with Gasteiger partial charge in [0.15, 0.2) is 0 Å². The number of nitrogens with one attached hydrogen (secondary N) is 1. The van der Waals surface area contributed by atoms with E-state index in [-0.39, 0.29) is 25.0 Å². The number of carbonyl (C=O) groups is 2. The van der Waals surface area contributed by atoms with E-state index in [0.29, 0.717) is 5.69 Å². The second kappa shape index (κ2) is 12.2. The predicted octanol–water partition coefficient (Wildman–Crippen LogP) is 4.70. The lowest BCUT2D eigenvalue weighted by atomic mass is 9.95. The van der Waals surface area contributed by atoms with E-state index in [0.717, 1.165) is 57.4 Å². The number of benzene rings is 2. The number of amides is 2. The maximum Gasteiger partial charge on any atom is 0.244 e. The number of aryl methyl sites for hydroxylation is 2. The fourth-order valence-corrected chi connectivity index (χ4v) is 5.68. The van der Waals surface area contributed by atoms with E-state index in [9.17, 15) is 18.0 Å².